The van der Waals surface area contributed by atoms with E-state index in [9.17, 15) is 4.79 Å². The van der Waals surface area contributed by atoms with Gasteiger partial charge in [-0.3, -0.25) is 4.79 Å². The number of carbonyl (C=O) groups excluding carboxylic acids is 1. The Kier molecular flexibility index (Phi) is 3.90. The van der Waals surface area contributed by atoms with Gasteiger partial charge in [-0.1, -0.05) is 31.2 Å². The summed E-state index contributed by atoms with van der Waals surface area (Å²) in [6, 6.07) is 8.30. The Balaban J connectivity index is 1.61. The standard InChI is InChI=1S/C16H20N4O/c1-2-12-4-6-13(7-5-12)10-18-15(21)14-11-20-9-3-8-17-16(20)19-14/h4-7,11H,2-3,8-10H2,1H3,(H,17,19)(H,18,21). The van der Waals surface area contributed by atoms with Crippen LogP contribution in [-0.4, -0.2) is 22.0 Å². The zero-order valence-electron chi connectivity index (χ0n) is 12.2. The normalized spacial score (nSPS) is 13.4. The first-order valence-electron chi connectivity index (χ1n) is 7.43. The van der Waals surface area contributed by atoms with Gasteiger partial charge in [0, 0.05) is 25.8 Å². The van der Waals surface area contributed by atoms with Crippen molar-refractivity contribution in [1.82, 2.24) is 14.9 Å². The summed E-state index contributed by atoms with van der Waals surface area (Å²) < 4.78 is 1.99. The molecular formula is C16H20N4O. The summed E-state index contributed by atoms with van der Waals surface area (Å²) in [4.78, 5) is 16.5. The van der Waals surface area contributed by atoms with Crippen molar-refractivity contribution in [2.24, 2.45) is 0 Å². The van der Waals surface area contributed by atoms with Crippen LogP contribution in [0.15, 0.2) is 30.5 Å². The van der Waals surface area contributed by atoms with Crippen molar-refractivity contribution in [3.8, 4) is 0 Å². The number of nitrogens with one attached hydrogen (secondary N) is 2. The van der Waals surface area contributed by atoms with Gasteiger partial charge in [0.2, 0.25) is 5.95 Å². The molecule has 0 fully saturated rings. The van der Waals surface area contributed by atoms with Crippen molar-refractivity contribution in [2.45, 2.75) is 32.9 Å². The highest BCUT2D eigenvalue weighted by molar-refractivity contribution is 5.92. The maximum absolute atomic E-state index is 12.1. The molecule has 3 rings (SSSR count). The highest BCUT2D eigenvalue weighted by Crippen LogP contribution is 2.14. The minimum atomic E-state index is -0.127. The van der Waals surface area contributed by atoms with E-state index in [0.717, 1.165) is 37.4 Å². The summed E-state index contributed by atoms with van der Waals surface area (Å²) in [6.45, 7) is 4.49. The van der Waals surface area contributed by atoms with Crippen LogP contribution in [0.3, 0.4) is 0 Å². The van der Waals surface area contributed by atoms with Crippen LogP contribution in [0.2, 0.25) is 0 Å². The molecule has 5 heteroatoms. The molecule has 0 radical (unpaired) electrons. The smallest absolute Gasteiger partial charge is 0.271 e. The van der Waals surface area contributed by atoms with Gasteiger partial charge in [0.15, 0.2) is 0 Å². The third-order valence-electron chi connectivity index (χ3n) is 3.75. The number of anilines is 1. The Morgan fingerprint density at radius 3 is 2.81 bits per heavy atom. The number of rotatable bonds is 4. The van der Waals surface area contributed by atoms with Gasteiger partial charge < -0.3 is 15.2 Å². The van der Waals surface area contributed by atoms with E-state index in [0.29, 0.717) is 12.2 Å². The molecule has 5 nitrogen and oxygen atoms in total. The number of hydrogen-bond donors (Lipinski definition) is 2. The van der Waals surface area contributed by atoms with Crippen LogP contribution in [0.25, 0.3) is 0 Å². The average Bonchev–Trinajstić information content (AvgIpc) is 2.97. The molecule has 0 saturated heterocycles. The summed E-state index contributed by atoms with van der Waals surface area (Å²) in [5.74, 6) is 0.664. The molecule has 110 valence electrons. The lowest BCUT2D eigenvalue weighted by atomic mass is 10.1. The monoisotopic (exact) mass is 284 g/mol. The number of fused-ring (bicyclic) bond motifs is 1. The fraction of sp³-hybridized carbons (Fsp3) is 0.375. The lowest BCUT2D eigenvalue weighted by Gasteiger charge is -2.14. The number of benzene rings is 1. The van der Waals surface area contributed by atoms with E-state index in [-0.39, 0.29) is 5.91 Å². The molecule has 0 unspecified atom stereocenters. The summed E-state index contributed by atoms with van der Waals surface area (Å²) in [6.07, 6.45) is 3.91. The molecule has 1 amide bonds. The van der Waals surface area contributed by atoms with Gasteiger partial charge in [-0.2, -0.15) is 0 Å². The largest absolute Gasteiger partial charge is 0.356 e. The predicted molar refractivity (Wildman–Crippen MR) is 82.3 cm³/mol. The molecule has 2 N–H and O–H groups in total. The minimum Gasteiger partial charge on any atom is -0.356 e. The van der Waals surface area contributed by atoms with Crippen LogP contribution >= 0.6 is 0 Å². The van der Waals surface area contributed by atoms with Crippen molar-refractivity contribution < 1.29 is 4.79 Å². The molecule has 2 heterocycles. The number of aromatic nitrogens is 2. The van der Waals surface area contributed by atoms with E-state index in [1.165, 1.54) is 5.56 Å². The quantitative estimate of drug-likeness (QED) is 0.905. The molecule has 21 heavy (non-hydrogen) atoms. The third-order valence-corrected chi connectivity index (χ3v) is 3.75. The topological polar surface area (TPSA) is 59.0 Å². The lowest BCUT2D eigenvalue weighted by molar-refractivity contribution is 0.0946. The number of nitrogens with zero attached hydrogens (tertiary/aromatic N) is 2. The molecule has 0 aliphatic carbocycles. The van der Waals surface area contributed by atoms with Crippen LogP contribution < -0.4 is 10.6 Å². The summed E-state index contributed by atoms with van der Waals surface area (Å²) >= 11 is 0. The maximum atomic E-state index is 12.1. The van der Waals surface area contributed by atoms with Crippen molar-refractivity contribution >= 4 is 11.9 Å². The van der Waals surface area contributed by atoms with Crippen LogP contribution in [0.1, 0.15) is 35.0 Å². The van der Waals surface area contributed by atoms with E-state index in [1.54, 1.807) is 0 Å². The van der Waals surface area contributed by atoms with E-state index < -0.39 is 0 Å². The second-order valence-electron chi connectivity index (χ2n) is 5.28. The van der Waals surface area contributed by atoms with Crippen molar-refractivity contribution in [3.05, 3.63) is 47.3 Å². The molecule has 0 atom stereocenters. The van der Waals surface area contributed by atoms with Gasteiger partial charge in [-0.05, 0) is 24.0 Å². The SMILES string of the molecule is CCc1ccc(CNC(=O)c2cn3c(n2)NCCC3)cc1. The number of aryl methyl sites for hydroxylation is 2. The highest BCUT2D eigenvalue weighted by Gasteiger charge is 2.16. The molecule has 1 aliphatic heterocycles. The van der Waals surface area contributed by atoms with Gasteiger partial charge in [0.1, 0.15) is 5.69 Å². The minimum absolute atomic E-state index is 0.127. The molecule has 0 bridgehead atoms. The van der Waals surface area contributed by atoms with E-state index in [4.69, 9.17) is 0 Å². The molecule has 1 aromatic heterocycles. The Bertz CT molecular complexity index is 607. The molecule has 0 spiro atoms. The van der Waals surface area contributed by atoms with Gasteiger partial charge >= 0.3 is 0 Å². The lowest BCUT2D eigenvalue weighted by Crippen LogP contribution is -2.23. The number of carbonyl (C=O) groups is 1. The van der Waals surface area contributed by atoms with Crippen LogP contribution in [0.5, 0.6) is 0 Å². The first-order valence-corrected chi connectivity index (χ1v) is 7.43. The molecule has 2 aromatic rings. The Labute approximate surface area is 124 Å². The van der Waals surface area contributed by atoms with Crippen molar-refractivity contribution in [1.29, 1.82) is 0 Å². The van der Waals surface area contributed by atoms with Crippen LogP contribution in [0.4, 0.5) is 5.95 Å². The zero-order valence-corrected chi connectivity index (χ0v) is 12.2. The van der Waals surface area contributed by atoms with Gasteiger partial charge in [-0.15, -0.1) is 0 Å². The maximum Gasteiger partial charge on any atom is 0.271 e. The average molecular weight is 284 g/mol. The molecule has 1 aliphatic rings. The van der Waals surface area contributed by atoms with Crippen LogP contribution in [-0.2, 0) is 19.5 Å². The van der Waals surface area contributed by atoms with E-state index in [2.05, 4.69) is 46.8 Å². The van der Waals surface area contributed by atoms with E-state index >= 15 is 0 Å². The fourth-order valence-corrected chi connectivity index (χ4v) is 2.45. The predicted octanol–water partition coefficient (Wildman–Crippen LogP) is 2.19. The third kappa shape index (κ3) is 3.07. The Morgan fingerprint density at radius 1 is 1.33 bits per heavy atom. The summed E-state index contributed by atoms with van der Waals surface area (Å²) in [7, 11) is 0. The fourth-order valence-electron chi connectivity index (χ4n) is 2.45. The van der Waals surface area contributed by atoms with Gasteiger partial charge in [0.05, 0.1) is 0 Å². The zero-order chi connectivity index (χ0) is 14.7. The second kappa shape index (κ2) is 5.99. The first-order chi connectivity index (χ1) is 10.3. The van der Waals surface area contributed by atoms with Crippen LogP contribution in [0, 0.1) is 0 Å². The number of hydrogen-bond acceptors (Lipinski definition) is 3. The van der Waals surface area contributed by atoms with Crippen molar-refractivity contribution in [3.63, 3.8) is 0 Å². The number of imidazole rings is 1. The molecular weight excluding hydrogens is 264 g/mol. The molecule has 0 saturated carbocycles. The van der Waals surface area contributed by atoms with Crippen molar-refractivity contribution in [2.75, 3.05) is 11.9 Å². The van der Waals surface area contributed by atoms with Gasteiger partial charge in [-0.25, -0.2) is 4.98 Å². The highest BCUT2D eigenvalue weighted by atomic mass is 16.1. The summed E-state index contributed by atoms with van der Waals surface area (Å²) in [5.41, 5.74) is 2.88. The molecule has 1 aromatic carbocycles. The Hall–Kier alpha value is -2.30. The Morgan fingerprint density at radius 2 is 2.10 bits per heavy atom. The van der Waals surface area contributed by atoms with E-state index in [1.807, 2.05) is 10.8 Å². The summed E-state index contributed by atoms with van der Waals surface area (Å²) in [5, 5.41) is 6.12. The number of amides is 1. The van der Waals surface area contributed by atoms with Gasteiger partial charge in [0.25, 0.3) is 5.91 Å². The first kappa shape index (κ1) is 13.7. The second-order valence-corrected chi connectivity index (χ2v) is 5.28.